The van der Waals surface area contributed by atoms with Gasteiger partial charge in [0.1, 0.15) is 0 Å². The van der Waals surface area contributed by atoms with Crippen LogP contribution in [0.3, 0.4) is 0 Å². The van der Waals surface area contributed by atoms with Gasteiger partial charge in [-0.15, -0.1) is 0 Å². The van der Waals surface area contributed by atoms with Crippen LogP contribution in [0.25, 0.3) is 0 Å². The normalized spacial score (nSPS) is 12.7. The first-order valence-corrected chi connectivity index (χ1v) is 5.87. The molecule has 0 fully saturated rings. The lowest BCUT2D eigenvalue weighted by Gasteiger charge is -2.27. The average molecular weight is 240 g/mol. The van der Waals surface area contributed by atoms with Crippen molar-refractivity contribution >= 4 is 0 Å². The molecule has 0 aromatic rings. The first-order chi connectivity index (χ1) is 8.18. The summed E-state index contributed by atoms with van der Waals surface area (Å²) in [5, 5.41) is 0. The molecule has 0 aliphatic heterocycles. The van der Waals surface area contributed by atoms with E-state index >= 15 is 0 Å². The summed E-state index contributed by atoms with van der Waals surface area (Å²) in [6.07, 6.45) is 10.6. The molecule has 98 valence electrons. The van der Waals surface area contributed by atoms with Gasteiger partial charge in [-0.2, -0.15) is 0 Å². The highest BCUT2D eigenvalue weighted by atomic mass is 16.5. The number of allylic oxidation sites excluding steroid dienone is 3. The Hall–Kier alpha value is -1.38. The zero-order valence-corrected chi connectivity index (χ0v) is 11.3. The third kappa shape index (κ3) is 8.43. The Labute approximate surface area is 105 Å². The zero-order chi connectivity index (χ0) is 13.0. The van der Waals surface area contributed by atoms with Crippen molar-refractivity contribution in [2.45, 2.75) is 27.7 Å². The molecular weight excluding hydrogens is 216 g/mol. The summed E-state index contributed by atoms with van der Waals surface area (Å²) >= 11 is 0. The van der Waals surface area contributed by atoms with Gasteiger partial charge in [0.05, 0.1) is 44.0 Å². The number of hydrogen-bond acceptors (Lipinski definition) is 3. The van der Waals surface area contributed by atoms with Crippen LogP contribution in [0.15, 0.2) is 37.0 Å². The molecule has 3 heteroatoms. The van der Waals surface area contributed by atoms with E-state index in [-0.39, 0.29) is 5.41 Å². The average Bonchev–Trinajstić information content (AvgIpc) is 2.30. The van der Waals surface area contributed by atoms with E-state index in [1.54, 1.807) is 18.8 Å². The molecule has 0 aromatic carbocycles. The summed E-state index contributed by atoms with van der Waals surface area (Å²) in [5.74, 6) is 0. The highest BCUT2D eigenvalue weighted by Crippen LogP contribution is 2.19. The maximum absolute atomic E-state index is 5.42. The summed E-state index contributed by atoms with van der Waals surface area (Å²) in [4.78, 5) is 0. The molecule has 0 aliphatic rings. The highest BCUT2D eigenvalue weighted by Gasteiger charge is 2.26. The van der Waals surface area contributed by atoms with Crippen molar-refractivity contribution in [1.29, 1.82) is 0 Å². The standard InChI is InChI=1S/C14H24O3/c1-5-8-15-11-14(4,12-16-9-6-2)13-17-10-7-3/h5-10H,11-13H2,1-4H3/b8-5+,9-6+,10-7+. The van der Waals surface area contributed by atoms with Crippen LogP contribution < -0.4 is 0 Å². The lowest BCUT2D eigenvalue weighted by Crippen LogP contribution is -2.32. The summed E-state index contributed by atoms with van der Waals surface area (Å²) in [6, 6.07) is 0. The van der Waals surface area contributed by atoms with Crippen molar-refractivity contribution < 1.29 is 14.2 Å². The second kappa shape index (κ2) is 9.82. The lowest BCUT2D eigenvalue weighted by atomic mass is 9.94. The van der Waals surface area contributed by atoms with Crippen molar-refractivity contribution in [2.75, 3.05) is 19.8 Å². The van der Waals surface area contributed by atoms with E-state index < -0.39 is 0 Å². The number of rotatable bonds is 9. The molecule has 0 saturated carbocycles. The van der Waals surface area contributed by atoms with E-state index in [0.717, 1.165) is 0 Å². The molecule has 0 spiro atoms. The van der Waals surface area contributed by atoms with Crippen LogP contribution in [0.2, 0.25) is 0 Å². The summed E-state index contributed by atoms with van der Waals surface area (Å²) in [7, 11) is 0. The monoisotopic (exact) mass is 240 g/mol. The van der Waals surface area contributed by atoms with Crippen LogP contribution in [0.5, 0.6) is 0 Å². The lowest BCUT2D eigenvalue weighted by molar-refractivity contribution is 0.00283. The fraction of sp³-hybridized carbons (Fsp3) is 0.571. The van der Waals surface area contributed by atoms with Crippen LogP contribution in [0, 0.1) is 5.41 Å². The van der Waals surface area contributed by atoms with E-state index in [1.807, 2.05) is 39.0 Å². The van der Waals surface area contributed by atoms with E-state index in [4.69, 9.17) is 14.2 Å². The molecule has 0 saturated heterocycles. The molecule has 0 bridgehead atoms. The van der Waals surface area contributed by atoms with Crippen molar-refractivity contribution in [2.24, 2.45) is 5.41 Å². The number of ether oxygens (including phenoxy) is 3. The first-order valence-electron chi connectivity index (χ1n) is 5.87. The molecule has 0 unspecified atom stereocenters. The zero-order valence-electron chi connectivity index (χ0n) is 11.3. The Morgan fingerprint density at radius 3 is 1.24 bits per heavy atom. The quantitative estimate of drug-likeness (QED) is 0.576. The topological polar surface area (TPSA) is 27.7 Å². The highest BCUT2D eigenvalue weighted by molar-refractivity contribution is 4.79. The molecule has 0 rings (SSSR count). The van der Waals surface area contributed by atoms with Gasteiger partial charge in [-0.3, -0.25) is 0 Å². The minimum atomic E-state index is -0.168. The molecule has 0 aliphatic carbocycles. The summed E-state index contributed by atoms with van der Waals surface area (Å²) < 4.78 is 16.3. The third-order valence-corrected chi connectivity index (χ3v) is 1.99. The van der Waals surface area contributed by atoms with Crippen LogP contribution in [-0.4, -0.2) is 19.8 Å². The second-order valence-electron chi connectivity index (χ2n) is 4.15. The van der Waals surface area contributed by atoms with Crippen molar-refractivity contribution in [3.63, 3.8) is 0 Å². The van der Waals surface area contributed by atoms with Gasteiger partial charge in [0, 0.05) is 0 Å². The Morgan fingerprint density at radius 2 is 1.00 bits per heavy atom. The van der Waals surface area contributed by atoms with Gasteiger partial charge in [0.15, 0.2) is 0 Å². The molecular formula is C14H24O3. The smallest absolute Gasteiger partial charge is 0.0992 e. The predicted octanol–water partition coefficient (Wildman–Crippen LogP) is 3.64. The van der Waals surface area contributed by atoms with Crippen LogP contribution in [-0.2, 0) is 14.2 Å². The molecule has 0 N–H and O–H groups in total. The van der Waals surface area contributed by atoms with Gasteiger partial charge in [-0.25, -0.2) is 0 Å². The van der Waals surface area contributed by atoms with Crippen molar-refractivity contribution in [3.8, 4) is 0 Å². The van der Waals surface area contributed by atoms with Gasteiger partial charge >= 0.3 is 0 Å². The molecule has 0 heterocycles. The van der Waals surface area contributed by atoms with Gasteiger partial charge < -0.3 is 14.2 Å². The Bertz CT molecular complexity index is 213. The molecule has 0 aromatic heterocycles. The number of hydrogen-bond donors (Lipinski definition) is 0. The molecule has 0 atom stereocenters. The van der Waals surface area contributed by atoms with E-state index in [9.17, 15) is 0 Å². The summed E-state index contributed by atoms with van der Waals surface area (Å²) in [6.45, 7) is 9.52. The van der Waals surface area contributed by atoms with Gasteiger partial charge in [-0.1, -0.05) is 18.2 Å². The summed E-state index contributed by atoms with van der Waals surface area (Å²) in [5.41, 5.74) is -0.168. The third-order valence-electron chi connectivity index (χ3n) is 1.99. The SMILES string of the molecule is C/C=C/OCC(C)(CO/C=C/C)CO/C=C/C. The maximum Gasteiger partial charge on any atom is 0.0992 e. The minimum absolute atomic E-state index is 0.168. The van der Waals surface area contributed by atoms with Gasteiger partial charge in [0.2, 0.25) is 0 Å². The first kappa shape index (κ1) is 15.6. The molecule has 0 radical (unpaired) electrons. The Balaban J connectivity index is 4.22. The van der Waals surface area contributed by atoms with E-state index in [1.165, 1.54) is 0 Å². The van der Waals surface area contributed by atoms with Crippen molar-refractivity contribution in [3.05, 3.63) is 37.0 Å². The van der Waals surface area contributed by atoms with Crippen LogP contribution in [0.4, 0.5) is 0 Å². The predicted molar refractivity (Wildman–Crippen MR) is 70.4 cm³/mol. The Morgan fingerprint density at radius 1 is 0.706 bits per heavy atom. The van der Waals surface area contributed by atoms with E-state index in [2.05, 4.69) is 6.92 Å². The molecule has 0 amide bonds. The van der Waals surface area contributed by atoms with E-state index in [0.29, 0.717) is 19.8 Å². The van der Waals surface area contributed by atoms with Crippen LogP contribution >= 0.6 is 0 Å². The fourth-order valence-corrected chi connectivity index (χ4v) is 1.16. The van der Waals surface area contributed by atoms with Crippen molar-refractivity contribution in [1.82, 2.24) is 0 Å². The minimum Gasteiger partial charge on any atom is -0.501 e. The largest absolute Gasteiger partial charge is 0.501 e. The fourth-order valence-electron chi connectivity index (χ4n) is 1.16. The molecule has 17 heavy (non-hydrogen) atoms. The maximum atomic E-state index is 5.42. The van der Waals surface area contributed by atoms with Crippen LogP contribution in [0.1, 0.15) is 27.7 Å². The van der Waals surface area contributed by atoms with Gasteiger partial charge in [-0.05, 0) is 27.7 Å². The Kier molecular flexibility index (Phi) is 9.02. The second-order valence-corrected chi connectivity index (χ2v) is 4.15. The molecule has 3 nitrogen and oxygen atoms in total. The van der Waals surface area contributed by atoms with Gasteiger partial charge in [0.25, 0.3) is 0 Å².